The number of amides is 1. The van der Waals surface area contributed by atoms with Crippen LogP contribution in [0.3, 0.4) is 0 Å². The predicted molar refractivity (Wildman–Crippen MR) is 144 cm³/mol. The third-order valence-electron chi connectivity index (χ3n) is 8.53. The zero-order valence-corrected chi connectivity index (χ0v) is 21.4. The van der Waals surface area contributed by atoms with Crippen molar-refractivity contribution >= 4 is 34.8 Å². The SMILES string of the molecule is O=C(NC12CC3CC(CC(C3)C1)C2)c1ccc2nc(-c3ccc(Cl)cc3)c(-c3ccc(Cl)cc3)n2c1. The fourth-order valence-electron chi connectivity index (χ4n) is 7.45. The molecule has 0 aliphatic heterocycles. The molecule has 0 radical (unpaired) electrons. The van der Waals surface area contributed by atoms with Crippen LogP contribution in [0.15, 0.2) is 66.9 Å². The number of carbonyl (C=O) groups is 1. The number of pyridine rings is 1. The molecule has 2 aromatic heterocycles. The molecule has 36 heavy (non-hydrogen) atoms. The molecule has 6 heteroatoms. The van der Waals surface area contributed by atoms with Crippen molar-refractivity contribution < 1.29 is 4.79 Å². The second-order valence-corrected chi connectivity index (χ2v) is 12.0. The molecule has 2 heterocycles. The molecule has 4 nitrogen and oxygen atoms in total. The Morgan fingerprint density at radius 1 is 0.806 bits per heavy atom. The van der Waals surface area contributed by atoms with Crippen molar-refractivity contribution in [2.75, 3.05) is 0 Å². The summed E-state index contributed by atoms with van der Waals surface area (Å²) < 4.78 is 2.03. The molecule has 4 aliphatic rings. The molecule has 8 rings (SSSR count). The van der Waals surface area contributed by atoms with E-state index in [1.165, 1.54) is 19.3 Å². The lowest BCUT2D eigenvalue weighted by molar-refractivity contribution is -0.0167. The van der Waals surface area contributed by atoms with Gasteiger partial charge in [-0.2, -0.15) is 0 Å². The Hall–Kier alpha value is -2.82. The van der Waals surface area contributed by atoms with E-state index in [2.05, 4.69) is 5.32 Å². The zero-order valence-electron chi connectivity index (χ0n) is 19.9. The van der Waals surface area contributed by atoms with Crippen LogP contribution in [0.2, 0.25) is 10.0 Å². The van der Waals surface area contributed by atoms with Crippen LogP contribution < -0.4 is 5.32 Å². The van der Waals surface area contributed by atoms with Gasteiger partial charge >= 0.3 is 0 Å². The van der Waals surface area contributed by atoms with Crippen molar-refractivity contribution in [3.05, 3.63) is 82.5 Å². The summed E-state index contributed by atoms with van der Waals surface area (Å²) in [7, 11) is 0. The fraction of sp³-hybridized carbons (Fsp3) is 0.333. The number of hydrogen-bond donors (Lipinski definition) is 1. The molecule has 0 saturated heterocycles. The van der Waals surface area contributed by atoms with Gasteiger partial charge in [-0.25, -0.2) is 4.98 Å². The number of carbonyl (C=O) groups excluding carboxylic acids is 1. The minimum absolute atomic E-state index is 0.0163. The summed E-state index contributed by atoms with van der Waals surface area (Å²) in [5.74, 6) is 2.37. The van der Waals surface area contributed by atoms with Crippen LogP contribution in [0.5, 0.6) is 0 Å². The summed E-state index contributed by atoms with van der Waals surface area (Å²) in [6.45, 7) is 0. The van der Waals surface area contributed by atoms with Crippen molar-refractivity contribution in [3.63, 3.8) is 0 Å². The molecular weight excluding hydrogens is 489 g/mol. The molecule has 4 saturated carbocycles. The van der Waals surface area contributed by atoms with Crippen LogP contribution in [0, 0.1) is 17.8 Å². The quantitative estimate of drug-likeness (QED) is 0.303. The van der Waals surface area contributed by atoms with Crippen molar-refractivity contribution in [3.8, 4) is 22.5 Å². The first-order valence-corrected chi connectivity index (χ1v) is 13.6. The maximum Gasteiger partial charge on any atom is 0.253 e. The highest BCUT2D eigenvalue weighted by Gasteiger charge is 2.51. The van der Waals surface area contributed by atoms with Gasteiger partial charge in [-0.15, -0.1) is 0 Å². The minimum Gasteiger partial charge on any atom is -0.347 e. The van der Waals surface area contributed by atoms with Crippen molar-refractivity contribution in [1.29, 1.82) is 0 Å². The molecule has 1 amide bonds. The molecule has 2 aromatic carbocycles. The first kappa shape index (κ1) is 22.4. The molecule has 182 valence electrons. The third kappa shape index (κ3) is 3.82. The lowest BCUT2D eigenvalue weighted by Gasteiger charge is -2.56. The summed E-state index contributed by atoms with van der Waals surface area (Å²) in [6, 6.07) is 19.3. The van der Waals surface area contributed by atoms with Gasteiger partial charge in [0.05, 0.1) is 17.0 Å². The van der Waals surface area contributed by atoms with E-state index in [4.69, 9.17) is 28.2 Å². The standard InChI is InChI=1S/C30H27Cl2N3O/c31-24-6-1-21(2-7-24)27-28(22-3-8-25(32)9-4-22)35-17-23(5-10-26(35)33-27)29(36)34-30-14-18-11-19(15-30)13-20(12-18)16-30/h1-10,17-20H,11-16H2,(H,34,36). The highest BCUT2D eigenvalue weighted by molar-refractivity contribution is 6.31. The Morgan fingerprint density at radius 3 is 1.94 bits per heavy atom. The Kier molecular flexibility index (Phi) is 5.20. The monoisotopic (exact) mass is 515 g/mol. The van der Waals surface area contributed by atoms with Crippen LogP contribution in [0.25, 0.3) is 28.2 Å². The fourth-order valence-corrected chi connectivity index (χ4v) is 7.70. The number of rotatable bonds is 4. The number of imidazole rings is 1. The van der Waals surface area contributed by atoms with Crippen LogP contribution >= 0.6 is 23.2 Å². The summed E-state index contributed by atoms with van der Waals surface area (Å²) in [4.78, 5) is 18.6. The lowest BCUT2D eigenvalue weighted by atomic mass is 9.53. The lowest BCUT2D eigenvalue weighted by Crippen LogP contribution is -2.59. The van der Waals surface area contributed by atoms with E-state index in [0.29, 0.717) is 15.6 Å². The molecule has 0 unspecified atom stereocenters. The van der Waals surface area contributed by atoms with Crippen molar-refractivity contribution in [1.82, 2.24) is 14.7 Å². The summed E-state index contributed by atoms with van der Waals surface area (Å²) in [5, 5.41) is 4.87. The largest absolute Gasteiger partial charge is 0.347 e. The van der Waals surface area contributed by atoms with Gasteiger partial charge in [0.15, 0.2) is 0 Å². The first-order valence-electron chi connectivity index (χ1n) is 12.8. The first-order chi connectivity index (χ1) is 17.4. The number of nitrogens with one attached hydrogen (secondary N) is 1. The summed E-state index contributed by atoms with van der Waals surface area (Å²) in [6.07, 6.45) is 9.40. The van der Waals surface area contributed by atoms with Gasteiger partial charge in [0.25, 0.3) is 5.91 Å². The Bertz CT molecular complexity index is 1440. The van der Waals surface area contributed by atoms with E-state index in [-0.39, 0.29) is 11.4 Å². The molecule has 4 bridgehead atoms. The molecular formula is C30H27Cl2N3O. The van der Waals surface area contributed by atoms with Gasteiger partial charge in [-0.05, 0) is 92.7 Å². The van der Waals surface area contributed by atoms with Gasteiger partial charge in [-0.1, -0.05) is 47.5 Å². The second kappa shape index (κ2) is 8.36. The Labute approximate surface area is 220 Å². The molecule has 1 N–H and O–H groups in total. The maximum absolute atomic E-state index is 13.6. The predicted octanol–water partition coefficient (Wildman–Crippen LogP) is 7.67. The number of fused-ring (bicyclic) bond motifs is 1. The highest BCUT2D eigenvalue weighted by atomic mass is 35.5. The maximum atomic E-state index is 13.6. The second-order valence-electron chi connectivity index (χ2n) is 11.1. The third-order valence-corrected chi connectivity index (χ3v) is 9.04. The zero-order chi connectivity index (χ0) is 24.4. The molecule has 4 fully saturated rings. The van der Waals surface area contributed by atoms with Crippen LogP contribution in [-0.4, -0.2) is 20.8 Å². The molecule has 4 aliphatic carbocycles. The van der Waals surface area contributed by atoms with E-state index in [9.17, 15) is 4.79 Å². The van der Waals surface area contributed by atoms with Crippen LogP contribution in [0.4, 0.5) is 0 Å². The number of hydrogen-bond acceptors (Lipinski definition) is 2. The van der Waals surface area contributed by atoms with Gasteiger partial charge < -0.3 is 5.32 Å². The van der Waals surface area contributed by atoms with Crippen LogP contribution in [-0.2, 0) is 0 Å². The van der Waals surface area contributed by atoms with E-state index in [0.717, 1.165) is 65.2 Å². The Morgan fingerprint density at radius 2 is 1.36 bits per heavy atom. The molecule has 4 aromatic rings. The van der Waals surface area contributed by atoms with E-state index < -0.39 is 0 Å². The normalized spacial score (nSPS) is 26.4. The van der Waals surface area contributed by atoms with Gasteiger partial charge in [0.2, 0.25) is 0 Å². The number of benzene rings is 2. The average molecular weight is 516 g/mol. The average Bonchev–Trinajstić information content (AvgIpc) is 3.22. The van der Waals surface area contributed by atoms with E-state index in [1.54, 1.807) is 0 Å². The van der Waals surface area contributed by atoms with Crippen LogP contribution in [0.1, 0.15) is 48.9 Å². The van der Waals surface area contributed by atoms with E-state index in [1.807, 2.05) is 71.3 Å². The highest BCUT2D eigenvalue weighted by Crippen LogP contribution is 2.55. The van der Waals surface area contributed by atoms with Gasteiger partial charge in [0.1, 0.15) is 5.65 Å². The minimum atomic E-state index is -0.0246. The van der Waals surface area contributed by atoms with Crippen molar-refractivity contribution in [2.45, 2.75) is 44.1 Å². The number of aromatic nitrogens is 2. The molecule has 0 atom stereocenters. The number of nitrogens with zero attached hydrogens (tertiary/aromatic N) is 2. The van der Waals surface area contributed by atoms with Crippen molar-refractivity contribution in [2.24, 2.45) is 17.8 Å². The van der Waals surface area contributed by atoms with E-state index >= 15 is 0 Å². The smallest absolute Gasteiger partial charge is 0.253 e. The van der Waals surface area contributed by atoms with Gasteiger partial charge in [0, 0.05) is 32.9 Å². The summed E-state index contributed by atoms with van der Waals surface area (Å²) in [5.41, 5.74) is 5.14. The topological polar surface area (TPSA) is 46.4 Å². The van der Waals surface area contributed by atoms with Gasteiger partial charge in [-0.3, -0.25) is 9.20 Å². The Balaban J connectivity index is 1.30. The molecule has 0 spiro atoms. The summed E-state index contributed by atoms with van der Waals surface area (Å²) >= 11 is 12.3. The number of halogens is 2.